The van der Waals surface area contributed by atoms with Crippen LogP contribution in [0.3, 0.4) is 0 Å². The molecule has 1 aliphatic heterocycles. The van der Waals surface area contributed by atoms with Crippen LogP contribution in [-0.2, 0) is 17.9 Å². The fourth-order valence-corrected chi connectivity index (χ4v) is 4.66. The Labute approximate surface area is 203 Å². The summed E-state index contributed by atoms with van der Waals surface area (Å²) in [4.78, 5) is 21.6. The van der Waals surface area contributed by atoms with Crippen molar-refractivity contribution in [2.75, 3.05) is 27.2 Å². The molecule has 2 heterocycles. The van der Waals surface area contributed by atoms with Crippen molar-refractivity contribution < 1.29 is 14.1 Å². The van der Waals surface area contributed by atoms with E-state index < -0.39 is 0 Å². The van der Waals surface area contributed by atoms with Crippen LogP contribution < -0.4 is 4.74 Å². The first-order chi connectivity index (χ1) is 15.9. The first-order valence-corrected chi connectivity index (χ1v) is 11.6. The Morgan fingerprint density at radius 2 is 2.09 bits per heavy atom. The van der Waals surface area contributed by atoms with Gasteiger partial charge >= 0.3 is 0 Å². The number of methoxy groups -OCH3 is 1. The maximum Gasteiger partial charge on any atom is 0.241 e. The standard InChI is InChI=1S/C24H26Cl2N4O3/c1-29(13-16-6-3-4-8-21(16)32-2)24(31)17-7-5-11-30(14-17)15-22-27-23(28-33-22)19-10-9-18(25)12-20(19)26/h3-4,6,8-10,12,17H,5,7,11,13-15H2,1-2H3. The Balaban J connectivity index is 1.37. The van der Waals surface area contributed by atoms with Crippen molar-refractivity contribution >= 4 is 29.1 Å². The minimum Gasteiger partial charge on any atom is -0.496 e. The summed E-state index contributed by atoms with van der Waals surface area (Å²) in [6.07, 6.45) is 1.80. The van der Waals surface area contributed by atoms with Crippen LogP contribution in [0, 0.1) is 5.92 Å². The number of aromatic nitrogens is 2. The van der Waals surface area contributed by atoms with Crippen molar-refractivity contribution in [3.05, 3.63) is 64.0 Å². The Morgan fingerprint density at radius 1 is 1.27 bits per heavy atom. The Bertz CT molecular complexity index is 1120. The molecule has 0 bridgehead atoms. The number of likely N-dealkylation sites (tertiary alicyclic amines) is 1. The predicted molar refractivity (Wildman–Crippen MR) is 127 cm³/mol. The summed E-state index contributed by atoms with van der Waals surface area (Å²) in [5.74, 6) is 1.76. The number of benzene rings is 2. The Morgan fingerprint density at radius 3 is 2.88 bits per heavy atom. The molecule has 0 spiro atoms. The highest BCUT2D eigenvalue weighted by atomic mass is 35.5. The molecular formula is C24H26Cl2N4O3. The normalized spacial score (nSPS) is 16.5. The van der Waals surface area contributed by atoms with Gasteiger partial charge in [0, 0.05) is 36.3 Å². The molecule has 3 aromatic rings. The van der Waals surface area contributed by atoms with Gasteiger partial charge in [-0.05, 0) is 43.7 Å². The van der Waals surface area contributed by atoms with Crippen molar-refractivity contribution in [1.29, 1.82) is 0 Å². The van der Waals surface area contributed by atoms with Crippen molar-refractivity contribution in [3.63, 3.8) is 0 Å². The maximum absolute atomic E-state index is 13.1. The molecule has 1 aliphatic rings. The van der Waals surface area contributed by atoms with Gasteiger partial charge in [0.25, 0.3) is 0 Å². The second-order valence-corrected chi connectivity index (χ2v) is 9.06. The number of carbonyl (C=O) groups excluding carboxylic acids is 1. The van der Waals surface area contributed by atoms with E-state index >= 15 is 0 Å². The van der Waals surface area contributed by atoms with Gasteiger partial charge in [-0.2, -0.15) is 4.98 Å². The number of hydrogen-bond acceptors (Lipinski definition) is 6. The lowest BCUT2D eigenvalue weighted by atomic mass is 9.96. The Hall–Kier alpha value is -2.61. The van der Waals surface area contributed by atoms with Crippen LogP contribution in [0.2, 0.25) is 10.0 Å². The van der Waals surface area contributed by atoms with E-state index in [1.54, 1.807) is 30.2 Å². The fourth-order valence-electron chi connectivity index (χ4n) is 4.17. The largest absolute Gasteiger partial charge is 0.496 e. The van der Waals surface area contributed by atoms with Crippen LogP contribution >= 0.6 is 23.2 Å². The van der Waals surface area contributed by atoms with Crippen LogP contribution in [0.1, 0.15) is 24.3 Å². The molecular weight excluding hydrogens is 463 g/mol. The van der Waals surface area contributed by atoms with Gasteiger partial charge < -0.3 is 14.2 Å². The third-order valence-corrected chi connectivity index (χ3v) is 6.38. The van der Waals surface area contributed by atoms with Crippen LogP contribution in [0.5, 0.6) is 5.75 Å². The van der Waals surface area contributed by atoms with Crippen LogP contribution in [-0.4, -0.2) is 53.1 Å². The first kappa shape index (κ1) is 23.5. The van der Waals surface area contributed by atoms with E-state index in [2.05, 4.69) is 15.0 Å². The molecule has 0 aliphatic carbocycles. The molecule has 9 heteroatoms. The lowest BCUT2D eigenvalue weighted by Crippen LogP contribution is -2.43. The quantitative estimate of drug-likeness (QED) is 0.469. The second kappa shape index (κ2) is 10.5. The van der Waals surface area contributed by atoms with Gasteiger partial charge in [-0.25, -0.2) is 0 Å². The molecule has 1 atom stereocenters. The number of rotatable bonds is 7. The number of amides is 1. The smallest absolute Gasteiger partial charge is 0.241 e. The zero-order chi connectivity index (χ0) is 23.4. The molecule has 1 unspecified atom stereocenters. The molecule has 0 N–H and O–H groups in total. The average Bonchev–Trinajstić information content (AvgIpc) is 3.27. The zero-order valence-corrected chi connectivity index (χ0v) is 20.1. The van der Waals surface area contributed by atoms with Gasteiger partial charge in [-0.15, -0.1) is 0 Å². The summed E-state index contributed by atoms with van der Waals surface area (Å²) < 4.78 is 10.9. The zero-order valence-electron chi connectivity index (χ0n) is 18.6. The summed E-state index contributed by atoms with van der Waals surface area (Å²) in [5.41, 5.74) is 1.66. The molecule has 1 amide bonds. The van der Waals surface area contributed by atoms with Gasteiger partial charge in [0.05, 0.1) is 24.6 Å². The van der Waals surface area contributed by atoms with Crippen molar-refractivity contribution in [2.45, 2.75) is 25.9 Å². The average molecular weight is 489 g/mol. The molecule has 1 saturated heterocycles. The van der Waals surface area contributed by atoms with E-state index in [9.17, 15) is 4.79 Å². The SMILES string of the molecule is COc1ccccc1CN(C)C(=O)C1CCCN(Cc2nc(-c3ccc(Cl)cc3Cl)no2)C1. The number of carbonyl (C=O) groups is 1. The number of piperidine rings is 1. The van der Waals surface area contributed by atoms with E-state index in [0.717, 1.165) is 30.7 Å². The highest BCUT2D eigenvalue weighted by molar-refractivity contribution is 6.36. The van der Waals surface area contributed by atoms with Crippen LogP contribution in [0.15, 0.2) is 47.0 Å². The minimum atomic E-state index is -0.0773. The van der Waals surface area contributed by atoms with Crippen molar-refractivity contribution in [3.8, 4) is 17.1 Å². The molecule has 2 aromatic carbocycles. The van der Waals surface area contributed by atoms with Gasteiger partial charge in [-0.3, -0.25) is 9.69 Å². The lowest BCUT2D eigenvalue weighted by molar-refractivity contribution is -0.136. The van der Waals surface area contributed by atoms with Crippen molar-refractivity contribution in [2.24, 2.45) is 5.92 Å². The first-order valence-electron chi connectivity index (χ1n) is 10.8. The molecule has 1 aromatic heterocycles. The summed E-state index contributed by atoms with van der Waals surface area (Å²) in [6.45, 7) is 2.51. The highest BCUT2D eigenvalue weighted by Crippen LogP contribution is 2.29. The highest BCUT2D eigenvalue weighted by Gasteiger charge is 2.29. The molecule has 7 nitrogen and oxygen atoms in total. The Kier molecular flexibility index (Phi) is 7.53. The summed E-state index contributed by atoms with van der Waals surface area (Å²) in [5, 5.41) is 5.08. The summed E-state index contributed by atoms with van der Waals surface area (Å²) in [6, 6.07) is 12.9. The minimum absolute atomic E-state index is 0.0773. The molecule has 4 rings (SSSR count). The predicted octanol–water partition coefficient (Wildman–Crippen LogP) is 4.92. The molecule has 0 radical (unpaired) electrons. The number of nitrogens with zero attached hydrogens (tertiary/aromatic N) is 4. The van der Waals surface area contributed by atoms with Gasteiger partial charge in [0.2, 0.25) is 17.6 Å². The maximum atomic E-state index is 13.1. The van der Waals surface area contributed by atoms with Crippen LogP contribution in [0.4, 0.5) is 0 Å². The lowest BCUT2D eigenvalue weighted by Gasteiger charge is -2.33. The summed E-state index contributed by atoms with van der Waals surface area (Å²) >= 11 is 12.2. The van der Waals surface area contributed by atoms with Gasteiger partial charge in [0.1, 0.15) is 5.75 Å². The molecule has 33 heavy (non-hydrogen) atoms. The third kappa shape index (κ3) is 5.66. The molecule has 174 valence electrons. The third-order valence-electron chi connectivity index (χ3n) is 5.83. The number of halogens is 2. The number of hydrogen-bond donors (Lipinski definition) is 0. The van der Waals surface area contributed by atoms with E-state index in [4.69, 9.17) is 32.5 Å². The summed E-state index contributed by atoms with van der Waals surface area (Å²) in [7, 11) is 3.48. The van der Waals surface area contributed by atoms with Gasteiger partial charge in [-0.1, -0.05) is 46.6 Å². The number of para-hydroxylation sites is 1. The molecule has 1 fully saturated rings. The topological polar surface area (TPSA) is 71.7 Å². The van der Waals surface area contributed by atoms with Crippen molar-refractivity contribution in [1.82, 2.24) is 19.9 Å². The fraction of sp³-hybridized carbons (Fsp3) is 0.375. The number of ether oxygens (including phenoxy) is 1. The van der Waals surface area contributed by atoms with E-state index in [0.29, 0.717) is 47.0 Å². The van der Waals surface area contributed by atoms with Crippen LogP contribution in [0.25, 0.3) is 11.4 Å². The molecule has 0 saturated carbocycles. The van der Waals surface area contributed by atoms with E-state index in [-0.39, 0.29) is 11.8 Å². The monoisotopic (exact) mass is 488 g/mol. The second-order valence-electron chi connectivity index (χ2n) is 8.22. The van der Waals surface area contributed by atoms with E-state index in [1.807, 2.05) is 31.3 Å². The van der Waals surface area contributed by atoms with Gasteiger partial charge in [0.15, 0.2) is 0 Å². The van der Waals surface area contributed by atoms with E-state index in [1.165, 1.54) is 0 Å².